The van der Waals surface area contributed by atoms with Gasteiger partial charge in [-0.2, -0.15) is 0 Å². The predicted molar refractivity (Wildman–Crippen MR) is 118 cm³/mol. The summed E-state index contributed by atoms with van der Waals surface area (Å²) >= 11 is 6.10. The van der Waals surface area contributed by atoms with Gasteiger partial charge in [0.15, 0.2) is 6.10 Å². The van der Waals surface area contributed by atoms with Crippen molar-refractivity contribution in [2.45, 2.75) is 11.0 Å². The first-order valence-electron chi connectivity index (χ1n) is 9.37. The first kappa shape index (κ1) is 21.0. The number of carbonyl (C=O) groups excluding carboxylic acids is 1. The van der Waals surface area contributed by atoms with Crippen molar-refractivity contribution in [3.8, 4) is 11.5 Å². The molecule has 3 aromatic carbocycles. The molecule has 0 saturated carbocycles. The number of nitrogens with one attached hydrogen (secondary N) is 1. The van der Waals surface area contributed by atoms with E-state index in [0.29, 0.717) is 16.5 Å². The van der Waals surface area contributed by atoms with Crippen LogP contribution >= 0.6 is 11.6 Å². The summed E-state index contributed by atoms with van der Waals surface area (Å²) in [5, 5.41) is 3.11. The second kappa shape index (κ2) is 8.49. The smallest absolute Gasteiger partial charge is 0.267 e. The first-order valence-corrected chi connectivity index (χ1v) is 11.2. The molecule has 1 amide bonds. The number of hydrogen-bond acceptors (Lipinski definition) is 5. The fourth-order valence-electron chi connectivity index (χ4n) is 3.21. The molecule has 0 spiro atoms. The first-order chi connectivity index (χ1) is 14.9. The van der Waals surface area contributed by atoms with Gasteiger partial charge in [0.25, 0.3) is 15.9 Å². The van der Waals surface area contributed by atoms with E-state index in [1.54, 1.807) is 61.7 Å². The standard InChI is InChI=1S/C22H19ClN2O5S/c1-29-17-10-8-16(9-11-17)24-22(26)21-14-25(19-13-15(23)7-12-20(19)30-21)31(27,28)18-5-3-2-4-6-18/h2-13,21H,14H2,1H3,(H,24,26)/t21-/m0/s1. The van der Waals surface area contributed by atoms with E-state index in [0.717, 1.165) is 4.31 Å². The Labute approximate surface area is 185 Å². The fourth-order valence-corrected chi connectivity index (χ4v) is 4.86. The molecule has 0 radical (unpaired) electrons. The molecule has 7 nitrogen and oxygen atoms in total. The van der Waals surface area contributed by atoms with Crippen LogP contribution in [0.4, 0.5) is 11.4 Å². The van der Waals surface area contributed by atoms with Crippen LogP contribution in [0.15, 0.2) is 77.7 Å². The number of methoxy groups -OCH3 is 1. The third-order valence-electron chi connectivity index (χ3n) is 4.77. The summed E-state index contributed by atoms with van der Waals surface area (Å²) in [6.07, 6.45) is -1.06. The molecule has 0 saturated heterocycles. The van der Waals surface area contributed by atoms with Gasteiger partial charge >= 0.3 is 0 Å². The van der Waals surface area contributed by atoms with Crippen LogP contribution in [0.25, 0.3) is 0 Å². The SMILES string of the molecule is COc1ccc(NC(=O)[C@@H]2CN(S(=O)(=O)c3ccccc3)c3cc(Cl)ccc3O2)cc1. The molecule has 0 aromatic heterocycles. The van der Waals surface area contributed by atoms with Crippen LogP contribution in [-0.2, 0) is 14.8 Å². The minimum atomic E-state index is -3.94. The van der Waals surface area contributed by atoms with Crippen LogP contribution in [0.1, 0.15) is 0 Å². The van der Waals surface area contributed by atoms with Crippen LogP contribution in [0.2, 0.25) is 5.02 Å². The van der Waals surface area contributed by atoms with Crippen molar-refractivity contribution in [3.05, 3.63) is 77.8 Å². The van der Waals surface area contributed by atoms with Crippen LogP contribution in [0.3, 0.4) is 0 Å². The van der Waals surface area contributed by atoms with E-state index in [1.807, 2.05) is 0 Å². The lowest BCUT2D eigenvalue weighted by Gasteiger charge is -2.34. The Balaban J connectivity index is 1.66. The summed E-state index contributed by atoms with van der Waals surface area (Å²) in [5.74, 6) is 0.432. The van der Waals surface area contributed by atoms with Crippen molar-refractivity contribution in [2.24, 2.45) is 0 Å². The number of hydrogen-bond donors (Lipinski definition) is 1. The summed E-state index contributed by atoms with van der Waals surface area (Å²) in [6, 6.07) is 19.4. The molecule has 3 aromatic rings. The second-order valence-corrected chi connectivity index (χ2v) is 9.08. The normalized spacial score (nSPS) is 15.5. The number of fused-ring (bicyclic) bond motifs is 1. The van der Waals surface area contributed by atoms with Crippen molar-refractivity contribution in [2.75, 3.05) is 23.3 Å². The van der Waals surface area contributed by atoms with E-state index in [4.69, 9.17) is 21.1 Å². The lowest BCUT2D eigenvalue weighted by molar-refractivity contribution is -0.122. The van der Waals surface area contributed by atoms with Crippen molar-refractivity contribution in [1.82, 2.24) is 0 Å². The van der Waals surface area contributed by atoms with Gasteiger partial charge in [-0.3, -0.25) is 9.10 Å². The van der Waals surface area contributed by atoms with Gasteiger partial charge in [0.1, 0.15) is 11.5 Å². The van der Waals surface area contributed by atoms with Gasteiger partial charge in [0.05, 0.1) is 24.2 Å². The highest BCUT2D eigenvalue weighted by Gasteiger charge is 2.37. The minimum Gasteiger partial charge on any atom is -0.497 e. The van der Waals surface area contributed by atoms with E-state index >= 15 is 0 Å². The minimum absolute atomic E-state index is 0.108. The molecule has 1 atom stereocenters. The van der Waals surface area contributed by atoms with Gasteiger partial charge < -0.3 is 14.8 Å². The van der Waals surface area contributed by atoms with Gasteiger partial charge in [-0.25, -0.2) is 8.42 Å². The van der Waals surface area contributed by atoms with E-state index in [1.165, 1.54) is 18.2 Å². The third-order valence-corrected chi connectivity index (χ3v) is 6.80. The molecule has 160 valence electrons. The molecule has 4 rings (SSSR count). The monoisotopic (exact) mass is 458 g/mol. The van der Waals surface area contributed by atoms with Crippen molar-refractivity contribution >= 4 is 38.9 Å². The van der Waals surface area contributed by atoms with Crippen molar-refractivity contribution in [3.63, 3.8) is 0 Å². The number of amides is 1. The third kappa shape index (κ3) is 4.30. The Bertz CT molecular complexity index is 1200. The second-order valence-electron chi connectivity index (χ2n) is 6.79. The Morgan fingerprint density at radius 2 is 1.81 bits per heavy atom. The number of ether oxygens (including phenoxy) is 2. The maximum atomic E-state index is 13.3. The molecule has 1 heterocycles. The average Bonchev–Trinajstić information content (AvgIpc) is 2.79. The zero-order valence-electron chi connectivity index (χ0n) is 16.5. The average molecular weight is 459 g/mol. The number of benzene rings is 3. The van der Waals surface area contributed by atoms with Gasteiger partial charge in [-0.1, -0.05) is 29.8 Å². The molecule has 1 N–H and O–H groups in total. The Morgan fingerprint density at radius 3 is 2.48 bits per heavy atom. The van der Waals surface area contributed by atoms with Crippen LogP contribution in [0.5, 0.6) is 11.5 Å². The number of rotatable bonds is 5. The van der Waals surface area contributed by atoms with Gasteiger partial charge in [0.2, 0.25) is 0 Å². The number of halogens is 1. The lowest BCUT2D eigenvalue weighted by atomic mass is 10.2. The fraction of sp³-hybridized carbons (Fsp3) is 0.136. The zero-order valence-corrected chi connectivity index (χ0v) is 18.1. The Morgan fingerprint density at radius 1 is 1.10 bits per heavy atom. The molecule has 0 bridgehead atoms. The summed E-state index contributed by atoms with van der Waals surface area (Å²) in [7, 11) is -2.39. The zero-order chi connectivity index (χ0) is 22.0. The number of sulfonamides is 1. The highest BCUT2D eigenvalue weighted by molar-refractivity contribution is 7.92. The van der Waals surface area contributed by atoms with Crippen LogP contribution < -0.4 is 19.1 Å². The van der Waals surface area contributed by atoms with E-state index in [9.17, 15) is 13.2 Å². The topological polar surface area (TPSA) is 84.9 Å². The molecule has 0 unspecified atom stereocenters. The molecule has 1 aliphatic rings. The van der Waals surface area contributed by atoms with Crippen LogP contribution in [-0.4, -0.2) is 34.1 Å². The van der Waals surface area contributed by atoms with E-state index < -0.39 is 22.0 Å². The molecular formula is C22H19ClN2O5S. The largest absolute Gasteiger partial charge is 0.497 e. The number of anilines is 2. The molecule has 0 fully saturated rings. The lowest BCUT2D eigenvalue weighted by Crippen LogP contribution is -2.48. The van der Waals surface area contributed by atoms with E-state index in [2.05, 4.69) is 5.32 Å². The number of carbonyl (C=O) groups is 1. The van der Waals surface area contributed by atoms with E-state index in [-0.39, 0.29) is 22.9 Å². The maximum absolute atomic E-state index is 13.3. The van der Waals surface area contributed by atoms with Crippen LogP contribution in [0, 0.1) is 0 Å². The summed E-state index contributed by atoms with van der Waals surface area (Å²) in [6.45, 7) is -0.202. The Hall–Kier alpha value is -3.23. The highest BCUT2D eigenvalue weighted by atomic mass is 35.5. The quantitative estimate of drug-likeness (QED) is 0.626. The van der Waals surface area contributed by atoms with Gasteiger partial charge in [-0.05, 0) is 54.6 Å². The predicted octanol–water partition coefficient (Wildman–Crippen LogP) is 3.94. The number of nitrogens with zero attached hydrogens (tertiary/aromatic N) is 1. The summed E-state index contributed by atoms with van der Waals surface area (Å²) in [4.78, 5) is 13.0. The van der Waals surface area contributed by atoms with Crippen molar-refractivity contribution < 1.29 is 22.7 Å². The molecular weight excluding hydrogens is 440 g/mol. The maximum Gasteiger partial charge on any atom is 0.267 e. The van der Waals surface area contributed by atoms with Gasteiger partial charge in [0, 0.05) is 10.7 Å². The van der Waals surface area contributed by atoms with Gasteiger partial charge in [-0.15, -0.1) is 0 Å². The highest BCUT2D eigenvalue weighted by Crippen LogP contribution is 2.39. The summed E-state index contributed by atoms with van der Waals surface area (Å²) < 4.78 is 38.8. The van der Waals surface area contributed by atoms with Crippen molar-refractivity contribution in [1.29, 1.82) is 0 Å². The molecule has 1 aliphatic heterocycles. The molecule has 0 aliphatic carbocycles. The Kier molecular flexibility index (Phi) is 5.75. The molecule has 31 heavy (non-hydrogen) atoms. The molecule has 9 heteroatoms. The summed E-state index contributed by atoms with van der Waals surface area (Å²) in [5.41, 5.74) is 0.818.